The molecule has 27 heavy (non-hydrogen) atoms. The Kier molecular flexibility index (Phi) is 5.15. The summed E-state index contributed by atoms with van der Waals surface area (Å²) < 4.78 is 26.6. The fourth-order valence-corrected chi connectivity index (χ4v) is 5.04. The summed E-state index contributed by atoms with van der Waals surface area (Å²) in [4.78, 5) is 37.2. The lowest BCUT2D eigenvalue weighted by molar-refractivity contribution is -0.122. The molecule has 2 fully saturated rings. The third-order valence-electron chi connectivity index (χ3n) is 4.60. The Balaban J connectivity index is 1.63. The SMILES string of the molecule is CC1(CS(=O)(=O)N2CCN(C(=O)c3ccc(Cl)cc3)CC2)NC(=O)NC1=O. The van der Waals surface area contributed by atoms with Crippen molar-refractivity contribution in [3.8, 4) is 0 Å². The third-order valence-corrected chi connectivity index (χ3v) is 6.95. The molecule has 11 heteroatoms. The summed E-state index contributed by atoms with van der Waals surface area (Å²) in [5.41, 5.74) is -1.03. The van der Waals surface area contributed by atoms with Crippen LogP contribution >= 0.6 is 11.6 Å². The summed E-state index contributed by atoms with van der Waals surface area (Å²) in [6.07, 6.45) is 0. The molecule has 0 aliphatic carbocycles. The van der Waals surface area contributed by atoms with E-state index in [1.165, 1.54) is 11.2 Å². The summed E-state index contributed by atoms with van der Waals surface area (Å²) >= 11 is 5.82. The first-order valence-electron chi connectivity index (χ1n) is 8.27. The van der Waals surface area contributed by atoms with Crippen molar-refractivity contribution in [2.24, 2.45) is 0 Å². The summed E-state index contributed by atoms with van der Waals surface area (Å²) in [7, 11) is -3.80. The molecule has 4 amide bonds. The van der Waals surface area contributed by atoms with Crippen molar-refractivity contribution in [1.29, 1.82) is 0 Å². The number of hydrogen-bond acceptors (Lipinski definition) is 5. The zero-order valence-electron chi connectivity index (χ0n) is 14.6. The van der Waals surface area contributed by atoms with Gasteiger partial charge in [-0.15, -0.1) is 0 Å². The first kappa shape index (κ1) is 19.6. The second kappa shape index (κ2) is 7.10. The van der Waals surface area contributed by atoms with Crippen molar-refractivity contribution < 1.29 is 22.8 Å². The fourth-order valence-electron chi connectivity index (χ4n) is 3.08. The number of piperazine rings is 1. The van der Waals surface area contributed by atoms with Gasteiger partial charge >= 0.3 is 6.03 Å². The predicted molar refractivity (Wildman–Crippen MR) is 97.8 cm³/mol. The average molecular weight is 415 g/mol. The molecule has 3 rings (SSSR count). The van der Waals surface area contributed by atoms with Gasteiger partial charge in [0.15, 0.2) is 0 Å². The van der Waals surface area contributed by atoms with E-state index in [1.54, 1.807) is 29.2 Å². The number of rotatable bonds is 4. The Morgan fingerprint density at radius 3 is 2.26 bits per heavy atom. The summed E-state index contributed by atoms with van der Waals surface area (Å²) in [6.45, 7) is 2.07. The molecule has 0 saturated carbocycles. The van der Waals surface area contributed by atoms with Gasteiger partial charge in [0.05, 0.1) is 5.75 Å². The molecule has 1 aromatic rings. The second-order valence-corrected chi connectivity index (χ2v) is 9.10. The molecule has 146 valence electrons. The first-order valence-corrected chi connectivity index (χ1v) is 10.3. The molecular formula is C16H19ClN4O5S. The Hall–Kier alpha value is -2.17. The minimum atomic E-state index is -3.80. The Morgan fingerprint density at radius 1 is 1.15 bits per heavy atom. The van der Waals surface area contributed by atoms with Crippen LogP contribution in [0.3, 0.4) is 0 Å². The molecule has 2 N–H and O–H groups in total. The third kappa shape index (κ3) is 4.07. The van der Waals surface area contributed by atoms with E-state index in [0.717, 1.165) is 0 Å². The zero-order valence-corrected chi connectivity index (χ0v) is 16.1. The second-order valence-electron chi connectivity index (χ2n) is 6.69. The molecule has 0 bridgehead atoms. The number of nitrogens with zero attached hydrogens (tertiary/aromatic N) is 2. The minimum Gasteiger partial charge on any atom is -0.336 e. The summed E-state index contributed by atoms with van der Waals surface area (Å²) in [5.74, 6) is -1.41. The highest BCUT2D eigenvalue weighted by Gasteiger charge is 2.46. The monoisotopic (exact) mass is 414 g/mol. The number of nitrogens with one attached hydrogen (secondary N) is 2. The molecular weight excluding hydrogens is 396 g/mol. The van der Waals surface area contributed by atoms with Gasteiger partial charge in [0.25, 0.3) is 11.8 Å². The van der Waals surface area contributed by atoms with Crippen molar-refractivity contribution in [2.75, 3.05) is 31.9 Å². The van der Waals surface area contributed by atoms with Crippen LogP contribution in [-0.4, -0.2) is 72.9 Å². The van der Waals surface area contributed by atoms with E-state index in [2.05, 4.69) is 5.32 Å². The maximum absolute atomic E-state index is 12.7. The quantitative estimate of drug-likeness (QED) is 0.674. The van der Waals surface area contributed by atoms with Crippen LogP contribution in [0.15, 0.2) is 24.3 Å². The van der Waals surface area contributed by atoms with Gasteiger partial charge in [0.1, 0.15) is 5.54 Å². The number of halogens is 1. The normalized spacial score (nSPS) is 23.9. The summed E-state index contributed by atoms with van der Waals surface area (Å²) in [5, 5.41) is 4.92. The number of amides is 4. The largest absolute Gasteiger partial charge is 0.336 e. The number of benzene rings is 1. The Labute approximate surface area is 161 Å². The van der Waals surface area contributed by atoms with Gasteiger partial charge in [-0.2, -0.15) is 4.31 Å². The number of carbonyl (C=O) groups is 3. The average Bonchev–Trinajstić information content (AvgIpc) is 2.86. The van der Waals surface area contributed by atoms with Crippen molar-refractivity contribution in [2.45, 2.75) is 12.5 Å². The van der Waals surface area contributed by atoms with Gasteiger partial charge in [0, 0.05) is 36.8 Å². The number of imide groups is 1. The highest BCUT2D eigenvalue weighted by molar-refractivity contribution is 7.89. The molecule has 0 spiro atoms. The number of sulfonamides is 1. The zero-order chi connectivity index (χ0) is 19.8. The molecule has 0 aromatic heterocycles. The van der Waals surface area contributed by atoms with Crippen LogP contribution < -0.4 is 10.6 Å². The van der Waals surface area contributed by atoms with Crippen molar-refractivity contribution in [3.05, 3.63) is 34.9 Å². The van der Waals surface area contributed by atoms with Crippen molar-refractivity contribution in [3.63, 3.8) is 0 Å². The maximum Gasteiger partial charge on any atom is 0.322 e. The van der Waals surface area contributed by atoms with E-state index in [-0.39, 0.29) is 32.1 Å². The van der Waals surface area contributed by atoms with Crippen LogP contribution in [0.1, 0.15) is 17.3 Å². The molecule has 1 aromatic carbocycles. The van der Waals surface area contributed by atoms with E-state index >= 15 is 0 Å². The van der Waals surface area contributed by atoms with E-state index in [0.29, 0.717) is 10.6 Å². The van der Waals surface area contributed by atoms with E-state index in [1.807, 2.05) is 5.32 Å². The van der Waals surface area contributed by atoms with Gasteiger partial charge in [-0.05, 0) is 31.2 Å². The minimum absolute atomic E-state index is 0.118. The van der Waals surface area contributed by atoms with Crippen LogP contribution in [0, 0.1) is 0 Å². The molecule has 1 unspecified atom stereocenters. The van der Waals surface area contributed by atoms with Gasteiger partial charge in [0.2, 0.25) is 10.0 Å². The van der Waals surface area contributed by atoms with Crippen LogP contribution in [0.5, 0.6) is 0 Å². The highest BCUT2D eigenvalue weighted by atomic mass is 35.5. The fraction of sp³-hybridized carbons (Fsp3) is 0.438. The molecule has 1 atom stereocenters. The van der Waals surface area contributed by atoms with Crippen LogP contribution in [0.25, 0.3) is 0 Å². The van der Waals surface area contributed by atoms with Gasteiger partial charge in [-0.3, -0.25) is 14.9 Å². The smallest absolute Gasteiger partial charge is 0.322 e. The lowest BCUT2D eigenvalue weighted by atomic mass is 10.1. The lowest BCUT2D eigenvalue weighted by Gasteiger charge is -2.35. The highest BCUT2D eigenvalue weighted by Crippen LogP contribution is 2.18. The standard InChI is InChI=1S/C16H19ClN4O5S/c1-16(14(23)18-15(24)19-16)10-27(25,26)21-8-6-20(7-9-21)13(22)11-2-4-12(17)5-3-11/h2-5H,6-10H2,1H3,(H2,18,19,23,24). The number of urea groups is 1. The number of hydrogen-bond donors (Lipinski definition) is 2. The molecule has 2 saturated heterocycles. The van der Waals surface area contributed by atoms with Crippen LogP contribution in [0.4, 0.5) is 4.79 Å². The van der Waals surface area contributed by atoms with Gasteiger partial charge in [-0.1, -0.05) is 11.6 Å². The van der Waals surface area contributed by atoms with E-state index in [4.69, 9.17) is 11.6 Å². The van der Waals surface area contributed by atoms with Crippen LogP contribution in [0.2, 0.25) is 5.02 Å². The topological polar surface area (TPSA) is 116 Å². The van der Waals surface area contributed by atoms with Crippen molar-refractivity contribution >= 4 is 39.5 Å². The molecule has 2 aliphatic rings. The Bertz CT molecular complexity index is 881. The predicted octanol–water partition coefficient (Wildman–Crippen LogP) is 0.0257. The van der Waals surface area contributed by atoms with E-state index < -0.39 is 33.3 Å². The molecule has 0 radical (unpaired) electrons. The van der Waals surface area contributed by atoms with Gasteiger partial charge < -0.3 is 10.2 Å². The summed E-state index contributed by atoms with van der Waals surface area (Å²) in [6, 6.07) is 5.77. The molecule has 9 nitrogen and oxygen atoms in total. The molecule has 2 aliphatic heterocycles. The van der Waals surface area contributed by atoms with Crippen molar-refractivity contribution in [1.82, 2.24) is 19.8 Å². The van der Waals surface area contributed by atoms with Gasteiger partial charge in [-0.25, -0.2) is 13.2 Å². The number of carbonyl (C=O) groups excluding carboxylic acids is 3. The Morgan fingerprint density at radius 2 is 1.74 bits per heavy atom. The van der Waals surface area contributed by atoms with Crippen LogP contribution in [-0.2, 0) is 14.8 Å². The lowest BCUT2D eigenvalue weighted by Crippen LogP contribution is -2.56. The van der Waals surface area contributed by atoms with E-state index in [9.17, 15) is 22.8 Å². The maximum atomic E-state index is 12.7. The first-order chi connectivity index (χ1) is 12.6. The molecule has 2 heterocycles.